The molecule has 0 unspecified atom stereocenters. The van der Waals surface area contributed by atoms with Crippen LogP contribution in [0.3, 0.4) is 0 Å². The molecule has 0 saturated carbocycles. The first kappa shape index (κ1) is 28.5. The Labute approximate surface area is 225 Å². The van der Waals surface area contributed by atoms with Gasteiger partial charge in [0.15, 0.2) is 17.4 Å². The molecule has 3 aromatic heterocycles. The molecule has 40 heavy (non-hydrogen) atoms. The number of H-pyrrole nitrogens is 1. The monoisotopic (exact) mass is 561 g/mol. The van der Waals surface area contributed by atoms with Crippen molar-refractivity contribution in [3.8, 4) is 17.1 Å². The number of ether oxygens (including phenoxy) is 1. The minimum absolute atomic E-state index is 0.124. The summed E-state index contributed by atoms with van der Waals surface area (Å²) in [7, 11) is 1.48. The van der Waals surface area contributed by atoms with Gasteiger partial charge < -0.3 is 19.9 Å². The van der Waals surface area contributed by atoms with E-state index in [-0.39, 0.29) is 23.3 Å². The molecule has 0 saturated heterocycles. The molecule has 0 bridgehead atoms. The quantitative estimate of drug-likeness (QED) is 0.243. The number of halogens is 4. The first-order valence-corrected chi connectivity index (χ1v) is 12.4. The van der Waals surface area contributed by atoms with Crippen LogP contribution in [0.1, 0.15) is 32.3 Å². The molecule has 4 rings (SSSR count). The lowest BCUT2D eigenvalue weighted by Gasteiger charge is -2.18. The number of aromatic amines is 1. The summed E-state index contributed by atoms with van der Waals surface area (Å²) in [6.45, 7) is 4.35. The van der Waals surface area contributed by atoms with Crippen LogP contribution in [0.25, 0.3) is 22.2 Å². The molecule has 0 aliphatic rings. The molecule has 14 heteroatoms. The maximum Gasteiger partial charge on any atom is 0.423 e. The van der Waals surface area contributed by atoms with E-state index in [2.05, 4.69) is 25.7 Å². The molecular formula is C26H27F4N7O3. The van der Waals surface area contributed by atoms with Crippen molar-refractivity contribution in [1.29, 1.82) is 0 Å². The van der Waals surface area contributed by atoms with Crippen LogP contribution in [0.15, 0.2) is 46.4 Å². The largest absolute Gasteiger partial charge is 0.491 e. The van der Waals surface area contributed by atoms with E-state index in [9.17, 15) is 22.8 Å². The standard InChI is InChI=1S/C26H27F4N7O3/c1-4-31-23-20(40-3)13-32-22(35-23)17-10-15-7-9-37(25(39)16(15)11-18(17)27)8-5-6-14(2)34-19-12-33-36-24(38)21(19)26(28,29)30/h7,9-14H,4-6,8H2,1-3H3,(H,31,32,35)(H2,34,36,38)/t14-/m0/s1. The Morgan fingerprint density at radius 2 is 1.98 bits per heavy atom. The van der Waals surface area contributed by atoms with E-state index < -0.39 is 40.4 Å². The van der Waals surface area contributed by atoms with Crippen LogP contribution in [-0.4, -0.2) is 44.4 Å². The molecule has 0 aliphatic heterocycles. The highest BCUT2D eigenvalue weighted by atomic mass is 19.4. The molecular weight excluding hydrogens is 534 g/mol. The normalized spacial score (nSPS) is 12.4. The highest BCUT2D eigenvalue weighted by molar-refractivity contribution is 5.86. The predicted octanol–water partition coefficient (Wildman–Crippen LogP) is 4.42. The Bertz CT molecular complexity index is 1640. The molecule has 4 aromatic rings. The van der Waals surface area contributed by atoms with E-state index in [1.165, 1.54) is 23.9 Å². The van der Waals surface area contributed by atoms with Crippen molar-refractivity contribution < 1.29 is 22.3 Å². The maximum absolute atomic E-state index is 15.1. The van der Waals surface area contributed by atoms with Gasteiger partial charge in [-0.3, -0.25) is 9.59 Å². The number of aryl methyl sites for hydroxylation is 1. The number of hydrogen-bond donors (Lipinski definition) is 3. The van der Waals surface area contributed by atoms with Crippen LogP contribution in [0.4, 0.5) is 29.1 Å². The van der Waals surface area contributed by atoms with Gasteiger partial charge in [-0.25, -0.2) is 19.5 Å². The first-order chi connectivity index (χ1) is 19.0. The highest BCUT2D eigenvalue weighted by Gasteiger charge is 2.37. The van der Waals surface area contributed by atoms with Crippen molar-refractivity contribution in [1.82, 2.24) is 24.7 Å². The number of fused-ring (bicyclic) bond motifs is 1. The molecule has 0 amide bonds. The molecule has 10 nitrogen and oxygen atoms in total. The van der Waals surface area contributed by atoms with Gasteiger partial charge in [-0.2, -0.15) is 18.3 Å². The zero-order chi connectivity index (χ0) is 29.0. The summed E-state index contributed by atoms with van der Waals surface area (Å²) >= 11 is 0. The third-order valence-electron chi connectivity index (χ3n) is 6.20. The molecule has 0 aliphatic carbocycles. The minimum atomic E-state index is -4.85. The maximum atomic E-state index is 15.1. The lowest BCUT2D eigenvalue weighted by atomic mass is 10.1. The summed E-state index contributed by atoms with van der Waals surface area (Å²) in [4.78, 5) is 33.3. The molecule has 0 spiro atoms. The van der Waals surface area contributed by atoms with E-state index in [4.69, 9.17) is 4.74 Å². The zero-order valence-corrected chi connectivity index (χ0v) is 21.9. The van der Waals surface area contributed by atoms with Crippen molar-refractivity contribution in [3.63, 3.8) is 0 Å². The van der Waals surface area contributed by atoms with E-state index in [1.54, 1.807) is 24.3 Å². The van der Waals surface area contributed by atoms with Crippen molar-refractivity contribution in [2.24, 2.45) is 0 Å². The second kappa shape index (κ2) is 11.7. The number of methoxy groups -OCH3 is 1. The van der Waals surface area contributed by atoms with Gasteiger partial charge in [0, 0.05) is 25.3 Å². The van der Waals surface area contributed by atoms with Gasteiger partial charge in [-0.05, 0) is 50.3 Å². The van der Waals surface area contributed by atoms with Gasteiger partial charge in [0.1, 0.15) is 11.4 Å². The van der Waals surface area contributed by atoms with E-state index >= 15 is 4.39 Å². The summed E-state index contributed by atoms with van der Waals surface area (Å²) < 4.78 is 61.6. The second-order valence-corrected chi connectivity index (χ2v) is 9.05. The first-order valence-electron chi connectivity index (χ1n) is 12.4. The summed E-state index contributed by atoms with van der Waals surface area (Å²) in [5, 5.41) is 11.6. The zero-order valence-electron chi connectivity index (χ0n) is 21.9. The lowest BCUT2D eigenvalue weighted by Crippen LogP contribution is -2.27. The van der Waals surface area contributed by atoms with Gasteiger partial charge in [0.2, 0.25) is 0 Å². The number of anilines is 2. The molecule has 1 aromatic carbocycles. The number of pyridine rings is 1. The summed E-state index contributed by atoms with van der Waals surface area (Å²) in [5.74, 6) is 0.290. The van der Waals surface area contributed by atoms with Crippen LogP contribution in [0.5, 0.6) is 5.75 Å². The van der Waals surface area contributed by atoms with Crippen LogP contribution in [-0.2, 0) is 12.7 Å². The number of aromatic nitrogens is 5. The van der Waals surface area contributed by atoms with Crippen molar-refractivity contribution >= 4 is 22.3 Å². The number of alkyl halides is 3. The smallest absolute Gasteiger partial charge is 0.423 e. The number of rotatable bonds is 10. The fourth-order valence-electron chi connectivity index (χ4n) is 4.29. The van der Waals surface area contributed by atoms with Gasteiger partial charge in [0.25, 0.3) is 11.1 Å². The van der Waals surface area contributed by atoms with Crippen molar-refractivity contribution in [2.45, 2.75) is 45.5 Å². The summed E-state index contributed by atoms with van der Waals surface area (Å²) in [6, 6.07) is 3.87. The SMILES string of the molecule is CCNc1nc(-c2cc3ccn(CCC[C@H](C)Nc4cn[nH]c(=O)c4C(F)(F)F)c(=O)c3cc2F)ncc1OC. The molecule has 0 radical (unpaired) electrons. The van der Waals surface area contributed by atoms with Gasteiger partial charge >= 0.3 is 6.18 Å². The van der Waals surface area contributed by atoms with Gasteiger partial charge in [-0.15, -0.1) is 0 Å². The van der Waals surface area contributed by atoms with E-state index in [0.29, 0.717) is 36.3 Å². The molecule has 0 fully saturated rings. The molecule has 3 heterocycles. The minimum Gasteiger partial charge on any atom is -0.491 e. The van der Waals surface area contributed by atoms with E-state index in [1.807, 2.05) is 6.92 Å². The van der Waals surface area contributed by atoms with Gasteiger partial charge in [0.05, 0.1) is 36.1 Å². The number of nitrogens with zero attached hydrogens (tertiary/aromatic N) is 4. The summed E-state index contributed by atoms with van der Waals surface area (Å²) in [5.41, 5.74) is -3.39. The number of hydrogen-bond acceptors (Lipinski definition) is 8. The van der Waals surface area contributed by atoms with Crippen LogP contribution in [0.2, 0.25) is 0 Å². The Morgan fingerprint density at radius 1 is 1.20 bits per heavy atom. The third-order valence-corrected chi connectivity index (χ3v) is 6.20. The Morgan fingerprint density at radius 3 is 2.67 bits per heavy atom. The summed E-state index contributed by atoms with van der Waals surface area (Å²) in [6.07, 6.45) is -0.120. The second-order valence-electron chi connectivity index (χ2n) is 9.05. The van der Waals surface area contributed by atoms with Crippen molar-refractivity contribution in [3.05, 3.63) is 68.9 Å². The molecule has 1 atom stereocenters. The average molecular weight is 562 g/mol. The number of nitrogens with one attached hydrogen (secondary N) is 3. The van der Waals surface area contributed by atoms with Gasteiger partial charge in [-0.1, -0.05) is 0 Å². The average Bonchev–Trinajstić information content (AvgIpc) is 2.89. The fraction of sp³-hybridized carbons (Fsp3) is 0.346. The molecule has 212 valence electrons. The highest BCUT2D eigenvalue weighted by Crippen LogP contribution is 2.32. The van der Waals surface area contributed by atoms with Crippen LogP contribution in [0, 0.1) is 5.82 Å². The predicted molar refractivity (Wildman–Crippen MR) is 142 cm³/mol. The van der Waals surface area contributed by atoms with Crippen molar-refractivity contribution in [2.75, 3.05) is 24.3 Å². The van der Waals surface area contributed by atoms with Crippen LogP contribution >= 0.6 is 0 Å². The molecule has 3 N–H and O–H groups in total. The third kappa shape index (κ3) is 6.05. The Hall–Kier alpha value is -4.49. The topological polar surface area (TPSA) is 127 Å². The fourth-order valence-corrected chi connectivity index (χ4v) is 4.29. The Kier molecular flexibility index (Phi) is 8.35. The number of benzene rings is 1. The van der Waals surface area contributed by atoms with Crippen LogP contribution < -0.4 is 26.5 Å². The van der Waals surface area contributed by atoms with E-state index in [0.717, 1.165) is 12.3 Å². The lowest BCUT2D eigenvalue weighted by molar-refractivity contribution is -0.138. The Balaban J connectivity index is 1.50.